The van der Waals surface area contributed by atoms with E-state index in [9.17, 15) is 9.90 Å². The van der Waals surface area contributed by atoms with E-state index < -0.39 is 6.09 Å². The van der Waals surface area contributed by atoms with Gasteiger partial charge in [-0.15, -0.1) is 0 Å². The molecule has 9 heteroatoms. The molecule has 0 saturated carbocycles. The monoisotopic (exact) mass is 648 g/mol. The molecule has 1 saturated heterocycles. The van der Waals surface area contributed by atoms with Crippen LogP contribution in [0, 0.1) is 5.92 Å². The summed E-state index contributed by atoms with van der Waals surface area (Å²) in [4.78, 5) is 27.9. The third-order valence-electron chi connectivity index (χ3n) is 9.55. The maximum absolute atomic E-state index is 11.8. The summed E-state index contributed by atoms with van der Waals surface area (Å²) in [5, 5.41) is 9.65. The van der Waals surface area contributed by atoms with Crippen LogP contribution in [0.3, 0.4) is 0 Å². The first kappa shape index (κ1) is 30.4. The van der Waals surface area contributed by atoms with Crippen molar-refractivity contribution in [2.24, 2.45) is 5.92 Å². The van der Waals surface area contributed by atoms with Crippen LogP contribution in [0.2, 0.25) is 0 Å². The summed E-state index contributed by atoms with van der Waals surface area (Å²) in [5.41, 5.74) is 6.95. The minimum Gasteiger partial charge on any atom is -0.491 e. The van der Waals surface area contributed by atoms with Gasteiger partial charge in [-0.2, -0.15) is 0 Å². The zero-order valence-electron chi connectivity index (χ0n) is 27.0. The summed E-state index contributed by atoms with van der Waals surface area (Å²) < 4.78 is 11.1. The zero-order chi connectivity index (χ0) is 33.2. The number of imidazole rings is 2. The average molecular weight is 649 g/mol. The number of piperidine rings is 1. The standard InChI is InChI=1S/C40H36N6O3/c47-40(48)44-24-21-28(22-25-44)37(46-36-16-7-5-14-34(36)43-39(46)29-10-2-1-3-11-29)27-49-32-19-17-30(18-20-32)38-42-33-13-4-6-15-35(33)45(38)26-31-12-8-9-23-41-31/h1-20,23,28,37H,21-22,24-27H2,(H,47,48). The van der Waals surface area contributed by atoms with Gasteiger partial charge in [0.05, 0.1) is 40.3 Å². The van der Waals surface area contributed by atoms with Gasteiger partial charge in [-0.05, 0) is 79.4 Å². The second kappa shape index (κ2) is 13.3. The van der Waals surface area contributed by atoms with Crippen molar-refractivity contribution in [1.82, 2.24) is 29.0 Å². The Hall–Kier alpha value is -5.96. The quantitative estimate of drug-likeness (QED) is 0.170. The van der Waals surface area contributed by atoms with Gasteiger partial charge in [0.15, 0.2) is 0 Å². The van der Waals surface area contributed by atoms with E-state index in [1.807, 2.05) is 91.1 Å². The van der Waals surface area contributed by atoms with Gasteiger partial charge in [-0.3, -0.25) is 4.98 Å². The van der Waals surface area contributed by atoms with Crippen molar-refractivity contribution in [3.63, 3.8) is 0 Å². The number of para-hydroxylation sites is 4. The molecular weight excluding hydrogens is 612 g/mol. The fourth-order valence-electron chi connectivity index (χ4n) is 7.06. The lowest BCUT2D eigenvalue weighted by Crippen LogP contribution is -2.40. The number of nitrogens with zero attached hydrogens (tertiary/aromatic N) is 6. The Morgan fingerprint density at radius 1 is 0.735 bits per heavy atom. The largest absolute Gasteiger partial charge is 0.491 e. The number of likely N-dealkylation sites (tertiary alicyclic amines) is 1. The first-order valence-electron chi connectivity index (χ1n) is 16.7. The van der Waals surface area contributed by atoms with E-state index in [2.05, 4.69) is 50.5 Å². The Balaban J connectivity index is 1.11. The maximum Gasteiger partial charge on any atom is 0.407 e. The number of carbonyl (C=O) groups is 1. The topological polar surface area (TPSA) is 98.3 Å². The number of benzene rings is 4. The van der Waals surface area contributed by atoms with Crippen LogP contribution in [0.4, 0.5) is 4.79 Å². The molecule has 1 unspecified atom stereocenters. The van der Waals surface area contributed by atoms with Crippen LogP contribution in [0.1, 0.15) is 24.6 Å². The fraction of sp³-hybridized carbons (Fsp3) is 0.200. The summed E-state index contributed by atoms with van der Waals surface area (Å²) in [6.45, 7) is 2.02. The Morgan fingerprint density at radius 3 is 2.08 bits per heavy atom. The molecule has 1 aliphatic rings. The molecule has 0 aliphatic carbocycles. The van der Waals surface area contributed by atoms with E-state index in [1.54, 1.807) is 0 Å². The first-order valence-corrected chi connectivity index (χ1v) is 16.7. The van der Waals surface area contributed by atoms with E-state index in [0.29, 0.717) is 26.2 Å². The van der Waals surface area contributed by atoms with Gasteiger partial charge < -0.3 is 23.9 Å². The lowest BCUT2D eigenvalue weighted by molar-refractivity contribution is 0.102. The first-order chi connectivity index (χ1) is 24.1. The van der Waals surface area contributed by atoms with Gasteiger partial charge in [0, 0.05) is 30.4 Å². The molecule has 0 radical (unpaired) electrons. The van der Waals surface area contributed by atoms with Crippen LogP contribution in [0.25, 0.3) is 44.8 Å². The van der Waals surface area contributed by atoms with E-state index in [1.165, 1.54) is 4.90 Å². The molecule has 4 aromatic carbocycles. The second-order valence-corrected chi connectivity index (χ2v) is 12.5. The van der Waals surface area contributed by atoms with Gasteiger partial charge in [0.1, 0.15) is 24.0 Å². The normalized spacial score (nSPS) is 14.3. The molecule has 8 rings (SSSR count). The lowest BCUT2D eigenvalue weighted by atomic mass is 9.89. The van der Waals surface area contributed by atoms with Crippen molar-refractivity contribution in [3.8, 4) is 28.5 Å². The summed E-state index contributed by atoms with van der Waals surface area (Å²) in [5.74, 6) is 2.72. The van der Waals surface area contributed by atoms with Gasteiger partial charge in [0.25, 0.3) is 0 Å². The SMILES string of the molecule is O=C(O)N1CCC(C(COc2ccc(-c3nc4ccccc4n3Cc3ccccn3)cc2)n2c(-c3ccccc3)nc3ccccc32)CC1. The highest BCUT2D eigenvalue weighted by molar-refractivity contribution is 5.82. The van der Waals surface area contributed by atoms with Crippen LogP contribution < -0.4 is 4.74 Å². The molecular formula is C40H36N6O3. The molecule has 4 heterocycles. The second-order valence-electron chi connectivity index (χ2n) is 12.5. The predicted octanol–water partition coefficient (Wildman–Crippen LogP) is 8.17. The molecule has 1 atom stereocenters. The molecule has 9 nitrogen and oxygen atoms in total. The number of hydrogen-bond donors (Lipinski definition) is 1. The van der Waals surface area contributed by atoms with Gasteiger partial charge in [-0.25, -0.2) is 14.8 Å². The Bertz CT molecular complexity index is 2200. The molecule has 244 valence electrons. The minimum atomic E-state index is -0.863. The van der Waals surface area contributed by atoms with Gasteiger partial charge in [-0.1, -0.05) is 60.7 Å². The number of ether oxygens (including phenoxy) is 1. The number of hydrogen-bond acceptors (Lipinski definition) is 5. The minimum absolute atomic E-state index is 0.0687. The molecule has 49 heavy (non-hydrogen) atoms. The molecule has 0 bridgehead atoms. The predicted molar refractivity (Wildman–Crippen MR) is 191 cm³/mol. The van der Waals surface area contributed by atoms with E-state index in [0.717, 1.165) is 69.1 Å². The van der Waals surface area contributed by atoms with Crippen molar-refractivity contribution in [3.05, 3.63) is 133 Å². The van der Waals surface area contributed by atoms with E-state index >= 15 is 0 Å². The Morgan fingerprint density at radius 2 is 1.37 bits per heavy atom. The highest BCUT2D eigenvalue weighted by atomic mass is 16.5. The maximum atomic E-state index is 11.8. The molecule has 1 amide bonds. The van der Waals surface area contributed by atoms with Crippen molar-refractivity contribution >= 4 is 28.2 Å². The third kappa shape index (κ3) is 6.11. The smallest absolute Gasteiger partial charge is 0.407 e. The molecule has 0 spiro atoms. The van der Waals surface area contributed by atoms with Crippen LogP contribution >= 0.6 is 0 Å². The van der Waals surface area contributed by atoms with Crippen molar-refractivity contribution < 1.29 is 14.6 Å². The number of aromatic nitrogens is 5. The zero-order valence-corrected chi connectivity index (χ0v) is 27.0. The average Bonchev–Trinajstić information content (AvgIpc) is 3.72. The van der Waals surface area contributed by atoms with Crippen molar-refractivity contribution in [2.45, 2.75) is 25.4 Å². The number of rotatable bonds is 9. The molecule has 1 aliphatic heterocycles. The highest BCUT2D eigenvalue weighted by Crippen LogP contribution is 2.37. The fourth-order valence-corrected chi connectivity index (χ4v) is 7.06. The summed E-state index contributed by atoms with van der Waals surface area (Å²) in [6.07, 6.45) is 2.44. The lowest BCUT2D eigenvalue weighted by Gasteiger charge is -2.36. The van der Waals surface area contributed by atoms with E-state index in [-0.39, 0.29) is 12.0 Å². The number of amides is 1. The Kier molecular flexibility index (Phi) is 8.23. The third-order valence-corrected chi connectivity index (χ3v) is 9.55. The van der Waals surface area contributed by atoms with Gasteiger partial charge in [0.2, 0.25) is 0 Å². The van der Waals surface area contributed by atoms with Crippen LogP contribution in [-0.4, -0.2) is 59.9 Å². The summed E-state index contributed by atoms with van der Waals surface area (Å²) in [7, 11) is 0. The van der Waals surface area contributed by atoms with E-state index in [4.69, 9.17) is 14.7 Å². The van der Waals surface area contributed by atoms with Crippen molar-refractivity contribution in [1.29, 1.82) is 0 Å². The summed E-state index contributed by atoms with van der Waals surface area (Å²) >= 11 is 0. The molecule has 3 aromatic heterocycles. The molecule has 1 N–H and O–H groups in total. The molecule has 1 fully saturated rings. The molecule has 7 aromatic rings. The Labute approximate surface area is 284 Å². The summed E-state index contributed by atoms with van der Waals surface area (Å²) in [6, 6.07) is 40.7. The van der Waals surface area contributed by atoms with Crippen LogP contribution in [-0.2, 0) is 6.54 Å². The van der Waals surface area contributed by atoms with Crippen LogP contribution in [0.5, 0.6) is 5.75 Å². The number of pyridine rings is 1. The van der Waals surface area contributed by atoms with Crippen molar-refractivity contribution in [2.75, 3.05) is 19.7 Å². The van der Waals surface area contributed by atoms with Crippen LogP contribution in [0.15, 0.2) is 128 Å². The highest BCUT2D eigenvalue weighted by Gasteiger charge is 2.32. The number of carboxylic acid groups (broad SMARTS) is 1. The van der Waals surface area contributed by atoms with Gasteiger partial charge >= 0.3 is 6.09 Å². The number of fused-ring (bicyclic) bond motifs is 2.